The van der Waals surface area contributed by atoms with Gasteiger partial charge in [0.05, 0.1) is 0 Å². The van der Waals surface area contributed by atoms with E-state index < -0.39 is 0 Å². The summed E-state index contributed by atoms with van der Waals surface area (Å²) < 4.78 is 0. The van der Waals surface area contributed by atoms with Gasteiger partial charge in [0.15, 0.2) is 0 Å². The Kier molecular flexibility index (Phi) is 6.89. The van der Waals surface area contributed by atoms with E-state index in [1.165, 1.54) is 40.0 Å². The predicted octanol–water partition coefficient (Wildman–Crippen LogP) is 6.70. The van der Waals surface area contributed by atoms with Crippen LogP contribution in [0.25, 0.3) is 11.1 Å². The molecule has 0 bridgehead atoms. The Morgan fingerprint density at radius 3 is 2.52 bits per heavy atom. The second-order valence-electron chi connectivity index (χ2n) is 8.93. The Morgan fingerprint density at radius 2 is 1.81 bits per heavy atom. The highest BCUT2D eigenvalue weighted by Crippen LogP contribution is 2.33. The molecule has 0 atom stereocenters. The summed E-state index contributed by atoms with van der Waals surface area (Å²) in [7, 11) is 0. The van der Waals surface area contributed by atoms with Gasteiger partial charge in [0, 0.05) is 23.0 Å². The lowest BCUT2D eigenvalue weighted by atomic mass is 9.86. The first-order valence-corrected chi connectivity index (χ1v) is 12.1. The quantitative estimate of drug-likeness (QED) is 0.470. The zero-order valence-electron chi connectivity index (χ0n) is 18.7. The molecule has 4 heteroatoms. The molecule has 0 aliphatic carbocycles. The normalized spacial score (nSPS) is 15.4. The summed E-state index contributed by atoms with van der Waals surface area (Å²) in [6, 6.07) is 19.3. The van der Waals surface area contributed by atoms with E-state index in [4.69, 9.17) is 0 Å². The van der Waals surface area contributed by atoms with Crippen molar-refractivity contribution >= 4 is 22.9 Å². The summed E-state index contributed by atoms with van der Waals surface area (Å²) >= 11 is 1.87. The summed E-state index contributed by atoms with van der Waals surface area (Å²) in [5.74, 6) is 0.637. The molecular weight excluding hydrogens is 400 g/mol. The number of nitrogens with zero attached hydrogens (tertiary/aromatic N) is 1. The number of hydrogen-bond acceptors (Lipinski definition) is 3. The molecular formula is C27H32N2OS. The lowest BCUT2D eigenvalue weighted by Gasteiger charge is -2.32. The summed E-state index contributed by atoms with van der Waals surface area (Å²) in [4.78, 5) is 16.1. The molecule has 0 spiro atoms. The van der Waals surface area contributed by atoms with E-state index in [9.17, 15) is 4.79 Å². The van der Waals surface area contributed by atoms with Gasteiger partial charge in [-0.1, -0.05) is 50.2 Å². The first kappa shape index (κ1) is 21.8. The number of carbonyl (C=O) groups is 1. The van der Waals surface area contributed by atoms with Crippen molar-refractivity contribution in [2.45, 2.75) is 46.1 Å². The van der Waals surface area contributed by atoms with Crippen molar-refractivity contribution < 1.29 is 4.79 Å². The second-order valence-corrected chi connectivity index (χ2v) is 9.93. The molecule has 31 heavy (non-hydrogen) atoms. The Hall–Kier alpha value is -2.43. The maximum Gasteiger partial charge on any atom is 0.226 e. The van der Waals surface area contributed by atoms with Crippen LogP contribution in [0.15, 0.2) is 60.0 Å². The third-order valence-electron chi connectivity index (χ3n) is 6.24. The van der Waals surface area contributed by atoms with Crippen LogP contribution in [0.3, 0.4) is 0 Å². The molecule has 1 aliphatic rings. The van der Waals surface area contributed by atoms with Crippen molar-refractivity contribution in [3.63, 3.8) is 0 Å². The number of likely N-dealkylation sites (tertiary alicyclic amines) is 1. The monoisotopic (exact) mass is 432 g/mol. The molecule has 0 radical (unpaired) electrons. The molecule has 2 heterocycles. The number of aryl methyl sites for hydroxylation is 1. The summed E-state index contributed by atoms with van der Waals surface area (Å²) in [5.41, 5.74) is 6.26. The van der Waals surface area contributed by atoms with E-state index in [2.05, 4.69) is 71.1 Å². The van der Waals surface area contributed by atoms with Gasteiger partial charge in [0.25, 0.3) is 0 Å². The van der Waals surface area contributed by atoms with Crippen LogP contribution in [-0.4, -0.2) is 23.9 Å². The summed E-state index contributed by atoms with van der Waals surface area (Å²) in [6.07, 6.45) is 2.33. The Labute approximate surface area is 190 Å². The van der Waals surface area contributed by atoms with E-state index >= 15 is 0 Å². The highest BCUT2D eigenvalue weighted by molar-refractivity contribution is 7.10. The van der Waals surface area contributed by atoms with Gasteiger partial charge in [-0.05, 0) is 84.6 Å². The Balaban J connectivity index is 1.36. The number of anilines is 1. The van der Waals surface area contributed by atoms with Gasteiger partial charge >= 0.3 is 0 Å². The van der Waals surface area contributed by atoms with Crippen LogP contribution >= 0.6 is 11.3 Å². The Bertz CT molecular complexity index is 1020. The number of benzene rings is 2. The first-order chi connectivity index (χ1) is 15.0. The largest absolute Gasteiger partial charge is 0.326 e. The molecule has 1 fully saturated rings. The van der Waals surface area contributed by atoms with Crippen LogP contribution in [0.1, 0.15) is 48.6 Å². The molecule has 1 N–H and O–H groups in total. The van der Waals surface area contributed by atoms with Gasteiger partial charge in [-0.25, -0.2) is 0 Å². The fourth-order valence-corrected chi connectivity index (χ4v) is 5.25. The molecule has 1 aromatic heterocycles. The summed E-state index contributed by atoms with van der Waals surface area (Å²) in [5, 5.41) is 5.33. The van der Waals surface area contributed by atoms with Gasteiger partial charge in [0.2, 0.25) is 5.91 Å². The van der Waals surface area contributed by atoms with Gasteiger partial charge in [-0.2, -0.15) is 0 Å². The van der Waals surface area contributed by atoms with Crippen LogP contribution in [0.5, 0.6) is 0 Å². The molecule has 3 aromatic rings. The average molecular weight is 433 g/mol. The van der Waals surface area contributed by atoms with Gasteiger partial charge < -0.3 is 5.32 Å². The molecule has 1 saturated heterocycles. The van der Waals surface area contributed by atoms with Crippen LogP contribution in [0.4, 0.5) is 5.69 Å². The minimum atomic E-state index is -0.00681. The van der Waals surface area contributed by atoms with Crippen LogP contribution < -0.4 is 5.32 Å². The zero-order valence-corrected chi connectivity index (χ0v) is 19.5. The fraction of sp³-hybridized carbons (Fsp3) is 0.370. The van der Waals surface area contributed by atoms with E-state index in [1.54, 1.807) is 0 Å². The third kappa shape index (κ3) is 5.44. The average Bonchev–Trinajstić information content (AvgIpc) is 3.25. The number of thiophene rings is 1. The number of hydrogen-bond donors (Lipinski definition) is 1. The SMILES string of the molecule is Cc1ccc(NC(=O)C(C)C)cc1C1CCN(Cc2cc(-c3ccccc3)cs2)CC1. The van der Waals surface area contributed by atoms with Gasteiger partial charge in [-0.3, -0.25) is 9.69 Å². The summed E-state index contributed by atoms with van der Waals surface area (Å²) in [6.45, 7) is 9.31. The van der Waals surface area contributed by atoms with Crippen molar-refractivity contribution in [2.75, 3.05) is 18.4 Å². The van der Waals surface area contributed by atoms with Crippen LogP contribution in [0.2, 0.25) is 0 Å². The molecule has 3 nitrogen and oxygen atoms in total. The van der Waals surface area contributed by atoms with E-state index in [1.807, 2.05) is 31.3 Å². The van der Waals surface area contributed by atoms with Gasteiger partial charge in [0.1, 0.15) is 0 Å². The fourth-order valence-electron chi connectivity index (χ4n) is 4.31. The minimum Gasteiger partial charge on any atom is -0.326 e. The number of carbonyl (C=O) groups excluding carboxylic acids is 1. The minimum absolute atomic E-state index is 0.00681. The highest BCUT2D eigenvalue weighted by Gasteiger charge is 2.23. The van der Waals surface area contributed by atoms with E-state index in [0.717, 1.165) is 25.3 Å². The molecule has 1 aliphatic heterocycles. The molecule has 2 aromatic carbocycles. The van der Waals surface area contributed by atoms with Crippen LogP contribution in [0, 0.1) is 12.8 Å². The zero-order chi connectivity index (χ0) is 21.8. The van der Waals surface area contributed by atoms with Crippen molar-refractivity contribution in [3.8, 4) is 11.1 Å². The van der Waals surface area contributed by atoms with Crippen molar-refractivity contribution in [2.24, 2.45) is 5.92 Å². The first-order valence-electron chi connectivity index (χ1n) is 11.3. The highest BCUT2D eigenvalue weighted by atomic mass is 32.1. The van der Waals surface area contributed by atoms with Crippen LogP contribution in [-0.2, 0) is 11.3 Å². The molecule has 0 unspecified atom stereocenters. The topological polar surface area (TPSA) is 32.3 Å². The number of nitrogens with one attached hydrogen (secondary N) is 1. The van der Waals surface area contributed by atoms with Gasteiger partial charge in [-0.15, -0.1) is 11.3 Å². The van der Waals surface area contributed by atoms with E-state index in [0.29, 0.717) is 5.92 Å². The maximum absolute atomic E-state index is 12.1. The predicted molar refractivity (Wildman–Crippen MR) is 132 cm³/mol. The third-order valence-corrected chi connectivity index (χ3v) is 7.16. The Morgan fingerprint density at radius 1 is 1.06 bits per heavy atom. The maximum atomic E-state index is 12.1. The standard InChI is InChI=1S/C27H32N2OS/c1-19(2)27(30)28-24-10-9-20(3)26(16-24)22-11-13-29(14-12-22)17-25-15-23(18-31-25)21-7-5-4-6-8-21/h4-10,15-16,18-19,22H,11-14,17H2,1-3H3,(H,28,30). The van der Waals surface area contributed by atoms with Crippen molar-refractivity contribution in [1.29, 1.82) is 0 Å². The molecule has 162 valence electrons. The number of amides is 1. The van der Waals surface area contributed by atoms with E-state index in [-0.39, 0.29) is 11.8 Å². The van der Waals surface area contributed by atoms with Crippen molar-refractivity contribution in [1.82, 2.24) is 4.90 Å². The second kappa shape index (κ2) is 9.80. The molecule has 0 saturated carbocycles. The number of rotatable bonds is 6. The molecule has 4 rings (SSSR count). The lowest BCUT2D eigenvalue weighted by Crippen LogP contribution is -2.32. The smallest absolute Gasteiger partial charge is 0.226 e. The molecule has 1 amide bonds. The number of piperidine rings is 1. The lowest BCUT2D eigenvalue weighted by molar-refractivity contribution is -0.118. The van der Waals surface area contributed by atoms with Crippen molar-refractivity contribution in [3.05, 3.63) is 76.0 Å².